The van der Waals surface area contributed by atoms with E-state index in [0.29, 0.717) is 0 Å². The Morgan fingerprint density at radius 1 is 1.00 bits per heavy atom. The van der Waals surface area contributed by atoms with Crippen molar-refractivity contribution in [2.45, 2.75) is 47.0 Å². The Balaban J connectivity index is 2.50. The summed E-state index contributed by atoms with van der Waals surface area (Å²) in [7, 11) is 0. The Bertz CT molecular complexity index is 574. The van der Waals surface area contributed by atoms with Crippen molar-refractivity contribution in [1.82, 2.24) is 19.7 Å². The minimum atomic E-state index is 0.815. The van der Waals surface area contributed by atoms with Crippen LogP contribution in [0, 0.1) is 0 Å². The molecule has 0 amide bonds. The Hall–Kier alpha value is -1.91. The maximum absolute atomic E-state index is 4.65. The van der Waals surface area contributed by atoms with Crippen LogP contribution in [0.1, 0.15) is 44.9 Å². The minimum Gasteiger partial charge on any atom is -0.370 e. The molecule has 0 radical (unpaired) electrons. The molecular formula is C15H23N5. The van der Waals surface area contributed by atoms with E-state index in [0.717, 1.165) is 49.0 Å². The number of aromatic nitrogens is 4. The molecule has 0 aliphatic heterocycles. The van der Waals surface area contributed by atoms with Gasteiger partial charge in [-0.1, -0.05) is 20.8 Å². The van der Waals surface area contributed by atoms with Crippen LogP contribution >= 0.6 is 0 Å². The number of nitrogens with one attached hydrogen (secondary N) is 1. The summed E-state index contributed by atoms with van der Waals surface area (Å²) in [4.78, 5) is 9.10. The van der Waals surface area contributed by atoms with Gasteiger partial charge in [-0.15, -0.1) is 0 Å². The van der Waals surface area contributed by atoms with Crippen LogP contribution in [0.5, 0.6) is 0 Å². The Morgan fingerprint density at radius 3 is 2.40 bits per heavy atom. The third kappa shape index (κ3) is 2.98. The van der Waals surface area contributed by atoms with Crippen molar-refractivity contribution < 1.29 is 0 Å². The monoisotopic (exact) mass is 273 g/mol. The first-order valence-electron chi connectivity index (χ1n) is 7.41. The van der Waals surface area contributed by atoms with Crippen molar-refractivity contribution in [1.29, 1.82) is 0 Å². The largest absolute Gasteiger partial charge is 0.370 e. The molecule has 0 atom stereocenters. The molecule has 0 aliphatic carbocycles. The Kier molecular flexibility index (Phi) is 4.71. The van der Waals surface area contributed by atoms with Gasteiger partial charge < -0.3 is 5.32 Å². The zero-order valence-corrected chi connectivity index (χ0v) is 12.8. The summed E-state index contributed by atoms with van der Waals surface area (Å²) < 4.78 is 1.94. The van der Waals surface area contributed by atoms with Gasteiger partial charge in [0.05, 0.1) is 5.69 Å². The molecule has 0 saturated carbocycles. The predicted molar refractivity (Wildman–Crippen MR) is 81.5 cm³/mol. The third-order valence-corrected chi connectivity index (χ3v) is 3.21. The highest BCUT2D eigenvalue weighted by molar-refractivity contribution is 5.42. The topological polar surface area (TPSA) is 55.6 Å². The van der Waals surface area contributed by atoms with Crippen molar-refractivity contribution in [2.75, 3.05) is 11.9 Å². The Morgan fingerprint density at radius 2 is 1.80 bits per heavy atom. The van der Waals surface area contributed by atoms with E-state index in [2.05, 4.69) is 54.1 Å². The van der Waals surface area contributed by atoms with Crippen LogP contribution in [-0.2, 0) is 19.3 Å². The number of aryl methyl sites for hydroxylation is 3. The summed E-state index contributed by atoms with van der Waals surface area (Å²) in [5, 5.41) is 7.90. The number of hydrogen-bond acceptors (Lipinski definition) is 4. The second kappa shape index (κ2) is 6.50. The summed E-state index contributed by atoms with van der Waals surface area (Å²) in [6, 6.07) is 4.12. The van der Waals surface area contributed by atoms with Crippen LogP contribution in [0.15, 0.2) is 12.1 Å². The van der Waals surface area contributed by atoms with Crippen molar-refractivity contribution in [3.63, 3.8) is 0 Å². The van der Waals surface area contributed by atoms with E-state index in [1.807, 2.05) is 10.7 Å². The molecule has 2 aromatic heterocycles. The summed E-state index contributed by atoms with van der Waals surface area (Å²) in [6.45, 7) is 9.23. The van der Waals surface area contributed by atoms with E-state index in [9.17, 15) is 0 Å². The van der Waals surface area contributed by atoms with E-state index >= 15 is 0 Å². The van der Waals surface area contributed by atoms with E-state index in [4.69, 9.17) is 0 Å². The second-order valence-electron chi connectivity index (χ2n) is 4.66. The number of nitrogens with zero attached hydrogens (tertiary/aromatic N) is 4. The average molecular weight is 273 g/mol. The van der Waals surface area contributed by atoms with Gasteiger partial charge in [-0.05, 0) is 25.8 Å². The van der Waals surface area contributed by atoms with Gasteiger partial charge in [-0.3, -0.25) is 0 Å². The van der Waals surface area contributed by atoms with Gasteiger partial charge in [0, 0.05) is 24.7 Å². The summed E-state index contributed by atoms with van der Waals surface area (Å²) in [5.41, 5.74) is 2.29. The Labute approximate surface area is 120 Å². The van der Waals surface area contributed by atoms with Crippen molar-refractivity contribution >= 4 is 5.82 Å². The molecule has 108 valence electrons. The average Bonchev–Trinajstić information content (AvgIpc) is 2.90. The predicted octanol–water partition coefficient (Wildman–Crippen LogP) is 2.78. The van der Waals surface area contributed by atoms with Gasteiger partial charge in [0.1, 0.15) is 11.6 Å². The molecule has 20 heavy (non-hydrogen) atoms. The highest BCUT2D eigenvalue weighted by atomic mass is 15.3. The lowest BCUT2D eigenvalue weighted by molar-refractivity contribution is 0.756. The lowest BCUT2D eigenvalue weighted by atomic mass is 10.2. The SMILES string of the molecule is CCNc1cc(-n2nc(CC)cc2CC)nc(CC)n1. The minimum absolute atomic E-state index is 0.815. The van der Waals surface area contributed by atoms with Crippen LogP contribution in [0.3, 0.4) is 0 Å². The molecule has 2 rings (SSSR count). The lowest BCUT2D eigenvalue weighted by Crippen LogP contribution is -2.10. The molecular weight excluding hydrogens is 250 g/mol. The van der Waals surface area contributed by atoms with Crippen LogP contribution in [0.2, 0.25) is 0 Å². The van der Waals surface area contributed by atoms with Gasteiger partial charge in [0.15, 0.2) is 5.82 Å². The van der Waals surface area contributed by atoms with Crippen LogP contribution < -0.4 is 5.32 Å². The first kappa shape index (κ1) is 14.5. The molecule has 2 heterocycles. The van der Waals surface area contributed by atoms with E-state index in [-0.39, 0.29) is 0 Å². The standard InChI is InChI=1S/C15H23N5/c1-5-11-9-12(6-2)20(19-11)15-10-14(16-8-4)17-13(7-3)18-15/h9-10H,5-8H2,1-4H3,(H,16,17,18). The fraction of sp³-hybridized carbons (Fsp3) is 0.533. The zero-order chi connectivity index (χ0) is 14.5. The first-order valence-corrected chi connectivity index (χ1v) is 7.41. The maximum Gasteiger partial charge on any atom is 0.159 e. The molecule has 0 aliphatic rings. The molecule has 5 nitrogen and oxygen atoms in total. The van der Waals surface area contributed by atoms with E-state index in [1.54, 1.807) is 0 Å². The molecule has 0 saturated heterocycles. The smallest absolute Gasteiger partial charge is 0.159 e. The quantitative estimate of drug-likeness (QED) is 0.879. The first-order chi connectivity index (χ1) is 9.71. The van der Waals surface area contributed by atoms with Gasteiger partial charge in [0.25, 0.3) is 0 Å². The molecule has 0 spiro atoms. The highest BCUT2D eigenvalue weighted by Gasteiger charge is 2.11. The van der Waals surface area contributed by atoms with E-state index < -0.39 is 0 Å². The van der Waals surface area contributed by atoms with Crippen LogP contribution in [0.25, 0.3) is 5.82 Å². The molecule has 0 aromatic carbocycles. The normalized spacial score (nSPS) is 10.8. The van der Waals surface area contributed by atoms with Gasteiger partial charge in [-0.2, -0.15) is 5.10 Å². The van der Waals surface area contributed by atoms with Gasteiger partial charge in [-0.25, -0.2) is 14.6 Å². The van der Waals surface area contributed by atoms with Crippen molar-refractivity contribution in [2.24, 2.45) is 0 Å². The highest BCUT2D eigenvalue weighted by Crippen LogP contribution is 2.15. The van der Waals surface area contributed by atoms with Gasteiger partial charge >= 0.3 is 0 Å². The van der Waals surface area contributed by atoms with Crippen LogP contribution in [0.4, 0.5) is 5.82 Å². The zero-order valence-electron chi connectivity index (χ0n) is 12.8. The van der Waals surface area contributed by atoms with Crippen LogP contribution in [-0.4, -0.2) is 26.3 Å². The summed E-state index contributed by atoms with van der Waals surface area (Å²) in [5.74, 6) is 2.56. The van der Waals surface area contributed by atoms with Crippen molar-refractivity contribution in [3.05, 3.63) is 29.3 Å². The molecule has 0 bridgehead atoms. The van der Waals surface area contributed by atoms with E-state index in [1.165, 1.54) is 5.69 Å². The summed E-state index contributed by atoms with van der Waals surface area (Å²) in [6.07, 6.45) is 2.69. The van der Waals surface area contributed by atoms with Gasteiger partial charge in [0.2, 0.25) is 0 Å². The lowest BCUT2D eigenvalue weighted by Gasteiger charge is -2.10. The molecule has 0 fully saturated rings. The maximum atomic E-state index is 4.65. The fourth-order valence-corrected chi connectivity index (χ4v) is 2.12. The second-order valence-corrected chi connectivity index (χ2v) is 4.66. The van der Waals surface area contributed by atoms with Crippen molar-refractivity contribution in [3.8, 4) is 5.82 Å². The fourth-order valence-electron chi connectivity index (χ4n) is 2.12. The third-order valence-electron chi connectivity index (χ3n) is 3.21. The summed E-state index contributed by atoms with van der Waals surface area (Å²) >= 11 is 0. The molecule has 1 N–H and O–H groups in total. The number of rotatable bonds is 6. The molecule has 5 heteroatoms. The molecule has 2 aromatic rings. The number of hydrogen-bond donors (Lipinski definition) is 1. The number of anilines is 1. The molecule has 0 unspecified atom stereocenters.